The molecule has 2 fully saturated rings. The van der Waals surface area contributed by atoms with Crippen LogP contribution in [-0.2, 0) is 9.47 Å². The van der Waals surface area contributed by atoms with Gasteiger partial charge in [0.25, 0.3) is 0 Å². The molecule has 15 heavy (non-hydrogen) atoms. The molecule has 2 saturated heterocycles. The van der Waals surface area contributed by atoms with Gasteiger partial charge in [0.05, 0.1) is 12.6 Å². The molecule has 0 bridgehead atoms. The van der Waals surface area contributed by atoms with E-state index in [2.05, 4.69) is 0 Å². The number of carbonyl (C=O) groups is 1. The fraction of sp³-hybridized carbons (Fsp3) is 0.909. The minimum atomic E-state index is -0.408. The van der Waals surface area contributed by atoms with Crippen molar-refractivity contribution < 1.29 is 14.3 Å². The van der Waals surface area contributed by atoms with Crippen LogP contribution < -0.4 is 0 Å². The molecule has 1 amide bonds. The van der Waals surface area contributed by atoms with E-state index in [1.165, 1.54) is 0 Å². The summed E-state index contributed by atoms with van der Waals surface area (Å²) in [5.41, 5.74) is -0.408. The van der Waals surface area contributed by atoms with Gasteiger partial charge in [-0.15, -0.1) is 0 Å². The minimum absolute atomic E-state index is 0.194. The maximum Gasteiger partial charge on any atom is 0.410 e. The average molecular weight is 213 g/mol. The Kier molecular flexibility index (Phi) is 2.63. The van der Waals surface area contributed by atoms with Crippen molar-refractivity contribution in [2.45, 2.75) is 51.4 Å². The van der Waals surface area contributed by atoms with Gasteiger partial charge in [0, 0.05) is 6.54 Å². The zero-order valence-electron chi connectivity index (χ0n) is 9.66. The number of rotatable bonds is 1. The van der Waals surface area contributed by atoms with Crippen LogP contribution in [0.1, 0.15) is 33.6 Å². The Labute approximate surface area is 90.5 Å². The third kappa shape index (κ3) is 2.62. The molecule has 4 heteroatoms. The molecule has 0 aliphatic carbocycles. The fourth-order valence-electron chi connectivity index (χ4n) is 2.00. The first-order valence-electron chi connectivity index (χ1n) is 5.58. The van der Waals surface area contributed by atoms with E-state index in [0.29, 0.717) is 0 Å². The van der Waals surface area contributed by atoms with Crippen LogP contribution in [0, 0.1) is 0 Å². The normalized spacial score (nSPS) is 30.5. The molecule has 2 rings (SSSR count). The Bertz CT molecular complexity index is 255. The van der Waals surface area contributed by atoms with Crippen molar-refractivity contribution in [1.82, 2.24) is 4.90 Å². The van der Waals surface area contributed by atoms with E-state index in [4.69, 9.17) is 9.47 Å². The first-order valence-corrected chi connectivity index (χ1v) is 5.58. The van der Waals surface area contributed by atoms with Crippen LogP contribution in [0.3, 0.4) is 0 Å². The third-order valence-corrected chi connectivity index (χ3v) is 2.72. The van der Waals surface area contributed by atoms with Crippen LogP contribution in [-0.4, -0.2) is 41.9 Å². The van der Waals surface area contributed by atoms with Crippen molar-refractivity contribution in [1.29, 1.82) is 0 Å². The second kappa shape index (κ2) is 3.67. The maximum atomic E-state index is 11.9. The third-order valence-electron chi connectivity index (χ3n) is 2.72. The lowest BCUT2D eigenvalue weighted by molar-refractivity contribution is 0.0204. The van der Waals surface area contributed by atoms with Gasteiger partial charge < -0.3 is 14.4 Å². The van der Waals surface area contributed by atoms with E-state index in [1.54, 1.807) is 0 Å². The monoisotopic (exact) mass is 213 g/mol. The second-order valence-electron chi connectivity index (χ2n) is 5.26. The molecule has 2 aliphatic rings. The van der Waals surface area contributed by atoms with E-state index in [1.807, 2.05) is 25.7 Å². The topological polar surface area (TPSA) is 42.1 Å². The Morgan fingerprint density at radius 1 is 1.47 bits per heavy atom. The second-order valence-corrected chi connectivity index (χ2v) is 5.26. The van der Waals surface area contributed by atoms with Crippen molar-refractivity contribution in [2.75, 3.05) is 13.2 Å². The summed E-state index contributed by atoms with van der Waals surface area (Å²) in [6.45, 7) is 7.28. The lowest BCUT2D eigenvalue weighted by Crippen LogP contribution is -2.42. The molecule has 86 valence electrons. The molecule has 2 heterocycles. The van der Waals surface area contributed by atoms with Gasteiger partial charge in [-0.05, 0) is 33.6 Å². The highest BCUT2D eigenvalue weighted by Gasteiger charge is 2.42. The van der Waals surface area contributed by atoms with Crippen molar-refractivity contribution in [3.63, 3.8) is 0 Å². The van der Waals surface area contributed by atoms with E-state index in [9.17, 15) is 4.79 Å². The summed E-state index contributed by atoms with van der Waals surface area (Å²) in [6.07, 6.45) is 2.17. The maximum absolute atomic E-state index is 11.9. The highest BCUT2D eigenvalue weighted by atomic mass is 16.6. The zero-order chi connectivity index (χ0) is 11.1. The summed E-state index contributed by atoms with van der Waals surface area (Å²) in [7, 11) is 0. The van der Waals surface area contributed by atoms with Crippen molar-refractivity contribution in [3.05, 3.63) is 0 Å². The zero-order valence-corrected chi connectivity index (χ0v) is 9.66. The smallest absolute Gasteiger partial charge is 0.410 e. The molecular weight excluding hydrogens is 194 g/mol. The predicted molar refractivity (Wildman–Crippen MR) is 55.7 cm³/mol. The van der Waals surface area contributed by atoms with Crippen LogP contribution in [0.2, 0.25) is 0 Å². The summed E-state index contributed by atoms with van der Waals surface area (Å²) >= 11 is 0. The van der Waals surface area contributed by atoms with Crippen LogP contribution in [0.15, 0.2) is 0 Å². The Balaban J connectivity index is 1.93. The molecule has 2 aliphatic heterocycles. The van der Waals surface area contributed by atoms with Crippen LogP contribution in [0.4, 0.5) is 4.79 Å². The largest absolute Gasteiger partial charge is 0.444 e. The highest BCUT2D eigenvalue weighted by molar-refractivity contribution is 5.69. The number of nitrogens with zero attached hydrogens (tertiary/aromatic N) is 1. The highest BCUT2D eigenvalue weighted by Crippen LogP contribution is 2.29. The predicted octanol–water partition coefficient (Wildman–Crippen LogP) is 1.78. The van der Waals surface area contributed by atoms with Crippen LogP contribution in [0.5, 0.6) is 0 Å². The van der Waals surface area contributed by atoms with Gasteiger partial charge in [-0.2, -0.15) is 0 Å². The number of likely N-dealkylation sites (tertiary alicyclic amines) is 1. The van der Waals surface area contributed by atoms with Gasteiger partial charge in [0.15, 0.2) is 0 Å². The molecule has 2 atom stereocenters. The molecule has 0 aromatic rings. The van der Waals surface area contributed by atoms with Crippen molar-refractivity contribution in [2.24, 2.45) is 0 Å². The number of hydrogen-bond acceptors (Lipinski definition) is 3. The molecule has 0 spiro atoms. The molecule has 0 saturated carbocycles. The summed E-state index contributed by atoms with van der Waals surface area (Å²) in [5, 5.41) is 0. The van der Waals surface area contributed by atoms with Crippen molar-refractivity contribution in [3.8, 4) is 0 Å². The van der Waals surface area contributed by atoms with E-state index >= 15 is 0 Å². The van der Waals surface area contributed by atoms with Gasteiger partial charge in [-0.1, -0.05) is 0 Å². The standard InChI is InChI=1S/C11H19NO3/c1-11(2,3)15-10(13)12-6-4-5-8(12)9-7-14-9/h8-9H,4-7H2,1-3H3/t8-,9?/m0/s1. The molecule has 0 aromatic carbocycles. The van der Waals surface area contributed by atoms with Gasteiger partial charge >= 0.3 is 6.09 Å². The van der Waals surface area contributed by atoms with Crippen LogP contribution in [0.25, 0.3) is 0 Å². The first kappa shape index (κ1) is 10.7. The number of epoxide rings is 1. The molecule has 4 nitrogen and oxygen atoms in total. The van der Waals surface area contributed by atoms with E-state index in [-0.39, 0.29) is 18.2 Å². The summed E-state index contributed by atoms with van der Waals surface area (Å²) < 4.78 is 10.6. The van der Waals surface area contributed by atoms with Crippen LogP contribution >= 0.6 is 0 Å². The molecule has 0 radical (unpaired) electrons. The average Bonchev–Trinajstić information content (AvgIpc) is 2.80. The molecule has 1 unspecified atom stereocenters. The van der Waals surface area contributed by atoms with E-state index < -0.39 is 5.60 Å². The van der Waals surface area contributed by atoms with Gasteiger partial charge in [-0.3, -0.25) is 0 Å². The minimum Gasteiger partial charge on any atom is -0.444 e. The lowest BCUT2D eigenvalue weighted by Gasteiger charge is -2.27. The van der Waals surface area contributed by atoms with Gasteiger partial charge in [0.2, 0.25) is 0 Å². The Morgan fingerprint density at radius 3 is 2.67 bits per heavy atom. The Hall–Kier alpha value is -0.770. The summed E-state index contributed by atoms with van der Waals surface area (Å²) in [4.78, 5) is 13.7. The van der Waals surface area contributed by atoms with Crippen molar-refractivity contribution >= 4 is 6.09 Å². The number of amides is 1. The first-order chi connectivity index (χ1) is 6.97. The quantitative estimate of drug-likeness (QED) is 0.623. The fourth-order valence-corrected chi connectivity index (χ4v) is 2.00. The van der Waals surface area contributed by atoms with Gasteiger partial charge in [0.1, 0.15) is 11.7 Å². The molecule has 0 N–H and O–H groups in total. The van der Waals surface area contributed by atoms with E-state index in [0.717, 1.165) is 26.0 Å². The lowest BCUT2D eigenvalue weighted by atomic mass is 10.1. The van der Waals surface area contributed by atoms with Gasteiger partial charge in [-0.25, -0.2) is 4.79 Å². The number of ether oxygens (including phenoxy) is 2. The number of carbonyl (C=O) groups excluding carboxylic acids is 1. The SMILES string of the molecule is CC(C)(C)OC(=O)N1CCC[C@H]1C1CO1. The molecular formula is C11H19NO3. The summed E-state index contributed by atoms with van der Waals surface area (Å²) in [6, 6.07) is 0.250. The summed E-state index contributed by atoms with van der Waals surface area (Å²) in [5.74, 6) is 0. The number of hydrogen-bond donors (Lipinski definition) is 0. The Morgan fingerprint density at radius 2 is 2.13 bits per heavy atom. The molecule has 0 aromatic heterocycles.